The van der Waals surface area contributed by atoms with Gasteiger partial charge < -0.3 is 19.5 Å². The van der Waals surface area contributed by atoms with Gasteiger partial charge in [-0.3, -0.25) is 4.79 Å². The summed E-state index contributed by atoms with van der Waals surface area (Å²) in [6.45, 7) is 0.686. The molecule has 0 aliphatic carbocycles. The molecule has 2 aromatic carbocycles. The molecule has 2 atom stereocenters. The number of nitrogens with zero attached hydrogens (tertiary/aromatic N) is 1. The molecule has 1 saturated heterocycles. The molecule has 1 aliphatic heterocycles. The van der Waals surface area contributed by atoms with Crippen molar-refractivity contribution < 1.29 is 19.4 Å². The highest BCUT2D eigenvalue weighted by Gasteiger charge is 2.33. The number of carbonyl (C=O) groups excluding carboxylic acids is 1. The van der Waals surface area contributed by atoms with Gasteiger partial charge in [0.1, 0.15) is 0 Å². The minimum absolute atomic E-state index is 0.00798. The highest BCUT2D eigenvalue weighted by Crippen LogP contribution is 2.34. The van der Waals surface area contributed by atoms with Crippen LogP contribution in [0, 0.1) is 0 Å². The van der Waals surface area contributed by atoms with E-state index >= 15 is 0 Å². The Hall–Kier alpha value is -2.53. The van der Waals surface area contributed by atoms with Gasteiger partial charge >= 0.3 is 0 Å². The first kappa shape index (κ1) is 18.3. The van der Waals surface area contributed by atoms with Gasteiger partial charge in [-0.1, -0.05) is 36.4 Å². The molecule has 0 saturated carbocycles. The minimum Gasteiger partial charge on any atom is -0.493 e. The number of carbonyl (C=O) groups is 1. The number of hydrogen-bond donors (Lipinski definition) is 1. The van der Waals surface area contributed by atoms with Gasteiger partial charge in [-0.15, -0.1) is 0 Å². The van der Waals surface area contributed by atoms with Gasteiger partial charge in [-0.2, -0.15) is 0 Å². The lowest BCUT2D eigenvalue weighted by Crippen LogP contribution is -2.36. The number of ether oxygens (including phenoxy) is 2. The van der Waals surface area contributed by atoms with E-state index in [0.29, 0.717) is 30.0 Å². The zero-order valence-electron chi connectivity index (χ0n) is 15.2. The smallest absolute Gasteiger partial charge is 0.258 e. The van der Waals surface area contributed by atoms with Crippen molar-refractivity contribution in [3.05, 3.63) is 59.7 Å². The number of aliphatic hydroxyl groups is 1. The number of likely N-dealkylation sites (tertiary alicyclic amines) is 1. The largest absolute Gasteiger partial charge is 0.493 e. The van der Waals surface area contributed by atoms with Crippen LogP contribution in [0.4, 0.5) is 0 Å². The number of methoxy groups -OCH3 is 2. The summed E-state index contributed by atoms with van der Waals surface area (Å²) in [5.74, 6) is 0.913. The fourth-order valence-corrected chi connectivity index (χ4v) is 3.63. The fraction of sp³-hybridized carbons (Fsp3) is 0.381. The third-order valence-electron chi connectivity index (χ3n) is 4.95. The van der Waals surface area contributed by atoms with Gasteiger partial charge in [0.25, 0.3) is 5.91 Å². The Labute approximate surface area is 154 Å². The summed E-state index contributed by atoms with van der Waals surface area (Å²) >= 11 is 0. The van der Waals surface area contributed by atoms with Crippen LogP contribution in [0.2, 0.25) is 0 Å². The van der Waals surface area contributed by atoms with Gasteiger partial charge in [0, 0.05) is 12.6 Å². The molecule has 138 valence electrons. The summed E-state index contributed by atoms with van der Waals surface area (Å²) in [4.78, 5) is 15.0. The number of hydrogen-bond acceptors (Lipinski definition) is 4. The molecule has 1 amide bonds. The Balaban J connectivity index is 1.79. The highest BCUT2D eigenvalue weighted by atomic mass is 16.5. The molecule has 1 aliphatic rings. The van der Waals surface area contributed by atoms with Gasteiger partial charge in [0.2, 0.25) is 0 Å². The van der Waals surface area contributed by atoms with E-state index in [1.165, 1.54) is 7.11 Å². The first-order valence-corrected chi connectivity index (χ1v) is 8.90. The first-order valence-electron chi connectivity index (χ1n) is 8.90. The molecule has 3 rings (SSSR count). The van der Waals surface area contributed by atoms with Crippen molar-refractivity contribution in [1.82, 2.24) is 4.90 Å². The van der Waals surface area contributed by atoms with E-state index in [2.05, 4.69) is 0 Å². The monoisotopic (exact) mass is 355 g/mol. The van der Waals surface area contributed by atoms with Gasteiger partial charge in [-0.05, 0) is 37.0 Å². The second-order valence-corrected chi connectivity index (χ2v) is 6.50. The predicted molar refractivity (Wildman–Crippen MR) is 99.6 cm³/mol. The van der Waals surface area contributed by atoms with Gasteiger partial charge in [0.15, 0.2) is 11.5 Å². The van der Waals surface area contributed by atoms with Crippen LogP contribution in [-0.4, -0.2) is 42.7 Å². The average Bonchev–Trinajstić information content (AvgIpc) is 3.15. The number of amides is 1. The van der Waals surface area contributed by atoms with Crippen LogP contribution in [0.5, 0.6) is 11.5 Å². The zero-order chi connectivity index (χ0) is 18.5. The van der Waals surface area contributed by atoms with Crippen molar-refractivity contribution in [1.29, 1.82) is 0 Å². The van der Waals surface area contributed by atoms with E-state index in [0.717, 1.165) is 18.4 Å². The molecule has 5 heteroatoms. The van der Waals surface area contributed by atoms with Crippen molar-refractivity contribution in [2.75, 3.05) is 20.8 Å². The molecule has 0 unspecified atom stereocenters. The van der Waals surface area contributed by atoms with E-state index in [1.54, 1.807) is 25.3 Å². The molecule has 0 spiro atoms. The van der Waals surface area contributed by atoms with E-state index in [4.69, 9.17) is 9.47 Å². The number of para-hydroxylation sites is 1. The molecule has 5 nitrogen and oxygen atoms in total. The third kappa shape index (κ3) is 3.68. The Morgan fingerprint density at radius 1 is 1.15 bits per heavy atom. The van der Waals surface area contributed by atoms with Crippen LogP contribution in [-0.2, 0) is 0 Å². The lowest BCUT2D eigenvalue weighted by molar-refractivity contribution is 0.0663. The molecular formula is C21H25NO4. The summed E-state index contributed by atoms with van der Waals surface area (Å²) < 4.78 is 10.7. The summed E-state index contributed by atoms with van der Waals surface area (Å²) in [6, 6.07) is 14.9. The van der Waals surface area contributed by atoms with E-state index in [1.807, 2.05) is 35.2 Å². The molecule has 1 heterocycles. The Bertz CT molecular complexity index is 747. The molecule has 2 aromatic rings. The maximum Gasteiger partial charge on any atom is 0.258 e. The molecule has 0 aromatic heterocycles. The van der Waals surface area contributed by atoms with Crippen LogP contribution >= 0.6 is 0 Å². The standard InChI is InChI=1S/C21H25NO4/c1-25-19-12-6-11-17(20(19)26-2)21(24)22-13-7-10-16(22)14-18(23)15-8-4-3-5-9-15/h3-6,8-9,11-12,16,18,23H,7,10,13-14H2,1-2H3/t16-,18-/m1/s1. The SMILES string of the molecule is COc1cccc(C(=O)N2CCC[C@@H]2C[C@@H](O)c2ccccc2)c1OC. The Morgan fingerprint density at radius 2 is 1.92 bits per heavy atom. The summed E-state index contributed by atoms with van der Waals surface area (Å²) in [7, 11) is 3.09. The number of aliphatic hydroxyl groups excluding tert-OH is 1. The molecule has 1 fully saturated rings. The summed E-state index contributed by atoms with van der Waals surface area (Å²) in [5.41, 5.74) is 1.37. The van der Waals surface area contributed by atoms with E-state index < -0.39 is 6.10 Å². The predicted octanol–water partition coefficient (Wildman–Crippen LogP) is 3.43. The average molecular weight is 355 g/mol. The van der Waals surface area contributed by atoms with Gasteiger partial charge in [-0.25, -0.2) is 0 Å². The second kappa shape index (κ2) is 8.23. The lowest BCUT2D eigenvalue weighted by atomic mass is 10.00. The van der Waals surface area contributed by atoms with Crippen LogP contribution in [0.25, 0.3) is 0 Å². The Morgan fingerprint density at radius 3 is 2.62 bits per heavy atom. The van der Waals surface area contributed by atoms with Gasteiger partial charge in [0.05, 0.1) is 25.9 Å². The van der Waals surface area contributed by atoms with Crippen molar-refractivity contribution >= 4 is 5.91 Å². The second-order valence-electron chi connectivity index (χ2n) is 6.50. The lowest BCUT2D eigenvalue weighted by Gasteiger charge is -2.27. The summed E-state index contributed by atoms with van der Waals surface area (Å²) in [6.07, 6.45) is 1.77. The minimum atomic E-state index is -0.582. The Kier molecular flexibility index (Phi) is 5.78. The highest BCUT2D eigenvalue weighted by molar-refractivity contribution is 5.98. The van der Waals surface area contributed by atoms with Crippen molar-refractivity contribution in [3.8, 4) is 11.5 Å². The van der Waals surface area contributed by atoms with E-state index in [9.17, 15) is 9.90 Å². The van der Waals surface area contributed by atoms with Crippen LogP contribution in [0.15, 0.2) is 48.5 Å². The topological polar surface area (TPSA) is 59.0 Å². The maximum atomic E-state index is 13.1. The molecule has 0 radical (unpaired) electrons. The van der Waals surface area contributed by atoms with Crippen LogP contribution in [0.3, 0.4) is 0 Å². The number of benzene rings is 2. The zero-order valence-corrected chi connectivity index (χ0v) is 15.2. The van der Waals surface area contributed by atoms with Crippen molar-refractivity contribution in [2.24, 2.45) is 0 Å². The van der Waals surface area contributed by atoms with Crippen LogP contribution < -0.4 is 9.47 Å². The quantitative estimate of drug-likeness (QED) is 0.862. The third-order valence-corrected chi connectivity index (χ3v) is 4.95. The maximum absolute atomic E-state index is 13.1. The van der Waals surface area contributed by atoms with E-state index in [-0.39, 0.29) is 11.9 Å². The van der Waals surface area contributed by atoms with Crippen LogP contribution in [0.1, 0.15) is 41.3 Å². The molecular weight excluding hydrogens is 330 g/mol. The molecule has 0 bridgehead atoms. The first-order chi connectivity index (χ1) is 12.7. The molecule has 26 heavy (non-hydrogen) atoms. The fourth-order valence-electron chi connectivity index (χ4n) is 3.63. The molecule has 1 N–H and O–H groups in total. The normalized spacial score (nSPS) is 17.8. The summed E-state index contributed by atoms with van der Waals surface area (Å²) in [5, 5.41) is 10.6. The van der Waals surface area contributed by atoms with Crippen molar-refractivity contribution in [3.63, 3.8) is 0 Å². The van der Waals surface area contributed by atoms with Crippen molar-refractivity contribution in [2.45, 2.75) is 31.4 Å². The number of rotatable bonds is 6.